The molecule has 166 valence electrons. The van der Waals surface area contributed by atoms with Crippen LogP contribution in [-0.4, -0.2) is 80.6 Å². The summed E-state index contributed by atoms with van der Waals surface area (Å²) in [6, 6.07) is 5.34. The molecule has 32 heavy (non-hydrogen) atoms. The van der Waals surface area contributed by atoms with E-state index in [0.717, 1.165) is 5.69 Å². The molecule has 2 aliphatic heterocycles. The monoisotopic (exact) mass is 437 g/mol. The van der Waals surface area contributed by atoms with Crippen LogP contribution in [0.25, 0.3) is 5.65 Å². The van der Waals surface area contributed by atoms with Gasteiger partial charge in [-0.25, -0.2) is 14.5 Å². The summed E-state index contributed by atoms with van der Waals surface area (Å²) < 4.78 is 8.70. The fourth-order valence-corrected chi connectivity index (χ4v) is 3.96. The molecule has 0 aromatic carbocycles. The molecule has 5 rings (SSSR count). The van der Waals surface area contributed by atoms with E-state index in [2.05, 4.69) is 10.1 Å². The molecule has 3 aromatic heterocycles. The predicted octanol–water partition coefficient (Wildman–Crippen LogP) is 0.356. The minimum Gasteiger partial charge on any atom is -0.488 e. The van der Waals surface area contributed by atoms with Crippen molar-refractivity contribution >= 4 is 29.0 Å². The number of piperazine rings is 1. The third kappa shape index (κ3) is 3.26. The van der Waals surface area contributed by atoms with Gasteiger partial charge in [-0.3, -0.25) is 14.0 Å². The smallest absolute Gasteiger partial charge is 0.350 e. The lowest BCUT2D eigenvalue weighted by atomic mass is 10.2. The van der Waals surface area contributed by atoms with Crippen LogP contribution in [0.2, 0.25) is 0 Å². The number of anilines is 2. The Morgan fingerprint density at radius 1 is 1.19 bits per heavy atom. The van der Waals surface area contributed by atoms with Crippen LogP contribution >= 0.6 is 0 Å². The molecule has 0 radical (unpaired) electrons. The highest BCUT2D eigenvalue weighted by Crippen LogP contribution is 2.35. The first kappa shape index (κ1) is 20.0. The first-order valence-electron chi connectivity index (χ1n) is 10.5. The van der Waals surface area contributed by atoms with Gasteiger partial charge >= 0.3 is 5.69 Å². The van der Waals surface area contributed by atoms with E-state index in [1.807, 2.05) is 24.0 Å². The molecule has 0 N–H and O–H groups in total. The van der Waals surface area contributed by atoms with Gasteiger partial charge in [-0.15, -0.1) is 5.10 Å². The maximum Gasteiger partial charge on any atom is 0.350 e. The summed E-state index contributed by atoms with van der Waals surface area (Å²) in [6.45, 7) is 4.39. The maximum absolute atomic E-state index is 12.9. The third-order valence-corrected chi connectivity index (χ3v) is 5.83. The first-order valence-corrected chi connectivity index (χ1v) is 10.5. The predicted molar refractivity (Wildman–Crippen MR) is 115 cm³/mol. The topological polar surface area (TPSA) is 105 Å². The largest absolute Gasteiger partial charge is 0.488 e. The van der Waals surface area contributed by atoms with Crippen LogP contribution < -0.4 is 15.3 Å². The summed E-state index contributed by atoms with van der Waals surface area (Å²) in [6.07, 6.45) is 3.21. The second kappa shape index (κ2) is 7.66. The van der Waals surface area contributed by atoms with Crippen molar-refractivity contribution in [1.82, 2.24) is 29.0 Å². The highest BCUT2D eigenvalue weighted by Gasteiger charge is 2.28. The Hall–Kier alpha value is -3.89. The van der Waals surface area contributed by atoms with E-state index in [0.29, 0.717) is 55.6 Å². The second-order valence-electron chi connectivity index (χ2n) is 7.80. The molecule has 1 saturated heterocycles. The van der Waals surface area contributed by atoms with Crippen molar-refractivity contribution < 1.29 is 14.3 Å². The van der Waals surface area contributed by atoms with Gasteiger partial charge in [0.1, 0.15) is 13.2 Å². The maximum atomic E-state index is 12.9. The lowest BCUT2D eigenvalue weighted by Crippen LogP contribution is -2.50. The number of nitrogens with zero attached hydrogens (tertiary/aromatic N) is 7. The van der Waals surface area contributed by atoms with E-state index >= 15 is 0 Å². The van der Waals surface area contributed by atoms with E-state index < -0.39 is 0 Å². The summed E-state index contributed by atoms with van der Waals surface area (Å²) in [5.41, 5.74) is 1.58. The van der Waals surface area contributed by atoms with Gasteiger partial charge in [-0.1, -0.05) is 0 Å². The fourth-order valence-electron chi connectivity index (χ4n) is 3.96. The highest BCUT2D eigenvalue weighted by atomic mass is 16.5. The molecule has 2 amide bonds. The van der Waals surface area contributed by atoms with Gasteiger partial charge in [0.15, 0.2) is 17.2 Å². The Kier molecular flexibility index (Phi) is 4.80. The summed E-state index contributed by atoms with van der Waals surface area (Å²) in [4.78, 5) is 46.8. The number of hydrogen-bond acceptors (Lipinski definition) is 7. The van der Waals surface area contributed by atoms with Crippen LogP contribution in [-0.2, 0) is 11.3 Å². The molecule has 3 aromatic rings. The van der Waals surface area contributed by atoms with Gasteiger partial charge in [0.2, 0.25) is 5.91 Å². The molecule has 0 atom stereocenters. The Balaban J connectivity index is 1.44. The van der Waals surface area contributed by atoms with Gasteiger partial charge in [-0.05, 0) is 19.1 Å². The van der Waals surface area contributed by atoms with Crippen LogP contribution in [0, 0.1) is 0 Å². The zero-order valence-electron chi connectivity index (χ0n) is 17.9. The normalized spacial score (nSPS) is 16.3. The number of carbonyl (C=O) groups is 2. The van der Waals surface area contributed by atoms with Gasteiger partial charge in [0, 0.05) is 50.8 Å². The summed E-state index contributed by atoms with van der Waals surface area (Å²) in [5, 5.41) is 4.35. The molecule has 0 bridgehead atoms. The van der Waals surface area contributed by atoms with Crippen LogP contribution in [0.15, 0.2) is 35.4 Å². The average Bonchev–Trinajstić information content (AvgIpc) is 3.14. The molecule has 0 saturated carbocycles. The molecule has 11 nitrogen and oxygen atoms in total. The molecule has 0 unspecified atom stereocenters. The van der Waals surface area contributed by atoms with Gasteiger partial charge in [0.05, 0.1) is 12.1 Å². The van der Waals surface area contributed by atoms with Gasteiger partial charge < -0.3 is 19.4 Å². The van der Waals surface area contributed by atoms with E-state index in [1.54, 1.807) is 24.2 Å². The first-order chi connectivity index (χ1) is 15.5. The number of aryl methyl sites for hydroxylation is 1. The van der Waals surface area contributed by atoms with E-state index in [-0.39, 0.29) is 24.0 Å². The van der Waals surface area contributed by atoms with Crippen LogP contribution in [0.4, 0.5) is 11.5 Å². The van der Waals surface area contributed by atoms with Gasteiger partial charge in [-0.2, -0.15) is 0 Å². The number of aromatic nitrogens is 4. The Labute approximate surface area is 183 Å². The molecule has 11 heteroatoms. The van der Waals surface area contributed by atoms with E-state index in [9.17, 15) is 14.4 Å². The number of carbonyl (C=O) groups excluding carboxylic acids is 2. The molecule has 0 spiro atoms. The van der Waals surface area contributed by atoms with Crippen LogP contribution in [0.5, 0.6) is 5.75 Å². The molecule has 2 aliphatic rings. The number of pyridine rings is 2. The zero-order chi connectivity index (χ0) is 22.4. The average molecular weight is 437 g/mol. The summed E-state index contributed by atoms with van der Waals surface area (Å²) in [7, 11) is 1.73. The second-order valence-corrected chi connectivity index (χ2v) is 7.80. The van der Waals surface area contributed by atoms with Crippen molar-refractivity contribution in [1.29, 1.82) is 0 Å². The Morgan fingerprint density at radius 3 is 2.81 bits per heavy atom. The number of hydrogen-bond donors (Lipinski definition) is 0. The molecule has 1 fully saturated rings. The van der Waals surface area contributed by atoms with Crippen molar-refractivity contribution in [3.05, 3.63) is 46.6 Å². The van der Waals surface area contributed by atoms with Crippen molar-refractivity contribution in [2.45, 2.75) is 13.5 Å². The van der Waals surface area contributed by atoms with E-state index in [1.165, 1.54) is 20.2 Å². The molecular formula is C21H23N7O4. The van der Waals surface area contributed by atoms with Crippen molar-refractivity contribution in [3.8, 4) is 5.75 Å². The number of ether oxygens (including phenoxy) is 1. The number of likely N-dealkylation sites (N-methyl/N-ethyl adjacent to an activating group) is 1. The van der Waals surface area contributed by atoms with Crippen molar-refractivity contribution in [2.75, 3.05) is 44.7 Å². The van der Waals surface area contributed by atoms with Crippen molar-refractivity contribution in [2.24, 2.45) is 0 Å². The van der Waals surface area contributed by atoms with Gasteiger partial charge in [0.25, 0.3) is 5.91 Å². The third-order valence-electron chi connectivity index (χ3n) is 5.83. The highest BCUT2D eigenvalue weighted by molar-refractivity contribution is 5.97. The molecule has 0 aliphatic carbocycles. The van der Waals surface area contributed by atoms with Crippen LogP contribution in [0.3, 0.4) is 0 Å². The van der Waals surface area contributed by atoms with Crippen LogP contribution in [0.1, 0.15) is 17.3 Å². The number of amides is 2. The molecular weight excluding hydrogens is 414 g/mol. The SMILES string of the molecule is CCn1nc2cc(N3CCOc4cc(C(=O)N5CCN(C)C(=O)C5)cnc43)ccn2c1=O. The quantitative estimate of drug-likeness (QED) is 0.582. The number of rotatable bonds is 3. The fraction of sp³-hybridized carbons (Fsp3) is 0.381. The lowest BCUT2D eigenvalue weighted by molar-refractivity contribution is -0.133. The minimum absolute atomic E-state index is 0.0587. The Morgan fingerprint density at radius 2 is 2.03 bits per heavy atom. The minimum atomic E-state index is -0.242. The summed E-state index contributed by atoms with van der Waals surface area (Å²) in [5.74, 6) is 0.758. The number of fused-ring (bicyclic) bond motifs is 2. The summed E-state index contributed by atoms with van der Waals surface area (Å²) >= 11 is 0. The standard InChI is InChI=1S/C21H23N7O4/c1-3-28-21(31)27-5-4-15(11-17(27)23-28)26-8-9-32-16-10-14(12-22-19(16)26)20(30)25-7-6-24(2)18(29)13-25/h4-5,10-12H,3,6-9,13H2,1-2H3. The molecule has 5 heterocycles. The van der Waals surface area contributed by atoms with E-state index in [4.69, 9.17) is 4.74 Å². The van der Waals surface area contributed by atoms with Crippen molar-refractivity contribution in [3.63, 3.8) is 0 Å². The Bertz CT molecular complexity index is 1280. The zero-order valence-corrected chi connectivity index (χ0v) is 17.9. The lowest BCUT2D eigenvalue weighted by Gasteiger charge is -2.33.